The van der Waals surface area contributed by atoms with Crippen LogP contribution in [0.5, 0.6) is 5.75 Å². The first-order valence-corrected chi connectivity index (χ1v) is 6.32. The third-order valence-corrected chi connectivity index (χ3v) is 4.24. The lowest BCUT2D eigenvalue weighted by molar-refractivity contribution is 0.413. The maximum Gasteiger partial charge on any atom is 0.133 e. The smallest absolute Gasteiger partial charge is 0.133 e. The molecule has 0 radical (unpaired) electrons. The summed E-state index contributed by atoms with van der Waals surface area (Å²) in [6.07, 6.45) is 0. The van der Waals surface area contributed by atoms with Gasteiger partial charge in [0.1, 0.15) is 5.75 Å². The van der Waals surface area contributed by atoms with Gasteiger partial charge in [0.25, 0.3) is 0 Å². The van der Waals surface area contributed by atoms with E-state index in [2.05, 4.69) is 56.7 Å². The molecule has 2 rings (SSSR count). The molecule has 0 spiro atoms. The highest BCUT2D eigenvalue weighted by Gasteiger charge is 2.05. The average molecular weight is 369 g/mol. The SMILES string of the molecule is COc1cc2cc(I)sc2cc1Br. The first-order chi connectivity index (χ1) is 6.20. The molecule has 0 saturated carbocycles. The number of benzene rings is 1. The predicted molar refractivity (Wildman–Crippen MR) is 68.8 cm³/mol. The molecule has 1 aromatic heterocycles. The van der Waals surface area contributed by atoms with Crippen molar-refractivity contribution in [2.75, 3.05) is 7.11 Å². The lowest BCUT2D eigenvalue weighted by Gasteiger charge is -2.01. The van der Waals surface area contributed by atoms with Crippen molar-refractivity contribution in [1.29, 1.82) is 0 Å². The maximum atomic E-state index is 5.22. The Bertz CT molecular complexity index is 452. The van der Waals surface area contributed by atoms with Crippen LogP contribution < -0.4 is 4.74 Å². The normalized spacial score (nSPS) is 10.7. The Morgan fingerprint density at radius 3 is 2.85 bits per heavy atom. The molecule has 1 heterocycles. The van der Waals surface area contributed by atoms with Crippen molar-refractivity contribution in [3.8, 4) is 5.75 Å². The molecule has 1 nitrogen and oxygen atoms in total. The van der Waals surface area contributed by atoms with E-state index >= 15 is 0 Å². The van der Waals surface area contributed by atoms with E-state index in [1.54, 1.807) is 18.4 Å². The molecule has 13 heavy (non-hydrogen) atoms. The minimum absolute atomic E-state index is 0.890. The average Bonchev–Trinajstić information content (AvgIpc) is 2.42. The molecule has 0 aliphatic heterocycles. The summed E-state index contributed by atoms with van der Waals surface area (Å²) in [4.78, 5) is 0. The van der Waals surface area contributed by atoms with E-state index in [-0.39, 0.29) is 0 Å². The Labute approximate surface area is 102 Å². The van der Waals surface area contributed by atoms with Crippen molar-refractivity contribution >= 4 is 59.9 Å². The van der Waals surface area contributed by atoms with Crippen LogP contribution in [0.15, 0.2) is 22.7 Å². The summed E-state index contributed by atoms with van der Waals surface area (Å²) in [5.41, 5.74) is 0. The van der Waals surface area contributed by atoms with Gasteiger partial charge in [-0.3, -0.25) is 0 Å². The molecule has 0 amide bonds. The molecule has 2 aromatic rings. The highest BCUT2D eigenvalue weighted by Crippen LogP contribution is 2.35. The number of thiophene rings is 1. The minimum atomic E-state index is 0.890. The number of rotatable bonds is 1. The van der Waals surface area contributed by atoms with Crippen LogP contribution in [-0.2, 0) is 0 Å². The van der Waals surface area contributed by atoms with Gasteiger partial charge in [0.15, 0.2) is 0 Å². The second kappa shape index (κ2) is 3.74. The molecule has 0 atom stereocenters. The zero-order valence-electron chi connectivity index (χ0n) is 6.80. The van der Waals surface area contributed by atoms with E-state index in [0.29, 0.717) is 0 Å². The third-order valence-electron chi connectivity index (χ3n) is 1.76. The fourth-order valence-corrected chi connectivity index (χ4v) is 3.68. The molecule has 0 N–H and O–H groups in total. The fraction of sp³-hybridized carbons (Fsp3) is 0.111. The van der Waals surface area contributed by atoms with Crippen molar-refractivity contribution in [2.24, 2.45) is 0 Å². The second-order valence-electron chi connectivity index (χ2n) is 2.58. The van der Waals surface area contributed by atoms with Gasteiger partial charge in [-0.05, 0) is 62.1 Å². The summed E-state index contributed by atoms with van der Waals surface area (Å²) in [5.74, 6) is 0.890. The van der Waals surface area contributed by atoms with Gasteiger partial charge in [-0.25, -0.2) is 0 Å². The Morgan fingerprint density at radius 1 is 1.38 bits per heavy atom. The van der Waals surface area contributed by atoms with Gasteiger partial charge in [0.2, 0.25) is 0 Å². The molecule has 0 aliphatic rings. The molecule has 4 heteroatoms. The van der Waals surface area contributed by atoms with Crippen LogP contribution in [0, 0.1) is 2.88 Å². The summed E-state index contributed by atoms with van der Waals surface area (Å²) < 4.78 is 8.82. The van der Waals surface area contributed by atoms with E-state index in [1.165, 1.54) is 13.0 Å². The van der Waals surface area contributed by atoms with Crippen LogP contribution in [-0.4, -0.2) is 7.11 Å². The van der Waals surface area contributed by atoms with Crippen LogP contribution in [0.25, 0.3) is 10.1 Å². The highest BCUT2D eigenvalue weighted by molar-refractivity contribution is 14.1. The van der Waals surface area contributed by atoms with Gasteiger partial charge in [0, 0.05) is 4.70 Å². The number of methoxy groups -OCH3 is 1. The van der Waals surface area contributed by atoms with Crippen molar-refractivity contribution in [3.05, 3.63) is 25.6 Å². The van der Waals surface area contributed by atoms with Gasteiger partial charge in [0.05, 0.1) is 14.5 Å². The summed E-state index contributed by atoms with van der Waals surface area (Å²) in [7, 11) is 1.68. The van der Waals surface area contributed by atoms with E-state index in [1.807, 2.05) is 0 Å². The Morgan fingerprint density at radius 2 is 2.15 bits per heavy atom. The number of hydrogen-bond donors (Lipinski definition) is 0. The summed E-state index contributed by atoms with van der Waals surface area (Å²) in [6.45, 7) is 0. The number of fused-ring (bicyclic) bond motifs is 1. The summed E-state index contributed by atoms with van der Waals surface area (Å²) in [5, 5.41) is 1.24. The molecule has 1 aromatic carbocycles. The highest BCUT2D eigenvalue weighted by atomic mass is 127. The van der Waals surface area contributed by atoms with Crippen molar-refractivity contribution in [3.63, 3.8) is 0 Å². The zero-order valence-corrected chi connectivity index (χ0v) is 11.4. The largest absolute Gasteiger partial charge is 0.496 e. The van der Waals surface area contributed by atoms with Gasteiger partial charge in [-0.15, -0.1) is 11.3 Å². The second-order valence-corrected chi connectivity index (χ2v) is 6.41. The maximum absolute atomic E-state index is 5.22. The predicted octanol–water partition coefficient (Wildman–Crippen LogP) is 4.28. The lowest BCUT2D eigenvalue weighted by Crippen LogP contribution is -1.82. The monoisotopic (exact) mass is 368 g/mol. The molecule has 0 fully saturated rings. The van der Waals surface area contributed by atoms with Crippen LogP contribution in [0.4, 0.5) is 0 Å². The molecular weight excluding hydrogens is 363 g/mol. The van der Waals surface area contributed by atoms with E-state index in [4.69, 9.17) is 4.74 Å². The number of ether oxygens (including phenoxy) is 1. The molecule has 0 saturated heterocycles. The van der Waals surface area contributed by atoms with Crippen LogP contribution >= 0.6 is 49.9 Å². The van der Waals surface area contributed by atoms with Gasteiger partial charge in [-0.2, -0.15) is 0 Å². The molecular formula is C9H6BrIOS. The Kier molecular flexibility index (Phi) is 2.80. The van der Waals surface area contributed by atoms with E-state index in [0.717, 1.165) is 10.2 Å². The van der Waals surface area contributed by atoms with Crippen LogP contribution in [0.1, 0.15) is 0 Å². The van der Waals surface area contributed by atoms with Crippen molar-refractivity contribution in [1.82, 2.24) is 0 Å². The van der Waals surface area contributed by atoms with Gasteiger partial charge in [-0.1, -0.05) is 0 Å². The van der Waals surface area contributed by atoms with Crippen LogP contribution in [0.2, 0.25) is 0 Å². The van der Waals surface area contributed by atoms with Crippen molar-refractivity contribution < 1.29 is 4.74 Å². The van der Waals surface area contributed by atoms with Crippen LogP contribution in [0.3, 0.4) is 0 Å². The van der Waals surface area contributed by atoms with E-state index in [9.17, 15) is 0 Å². The quantitative estimate of drug-likeness (QED) is 0.683. The number of hydrogen-bond acceptors (Lipinski definition) is 2. The molecule has 0 unspecified atom stereocenters. The van der Waals surface area contributed by atoms with Gasteiger partial charge < -0.3 is 4.74 Å². The minimum Gasteiger partial charge on any atom is -0.496 e. The first kappa shape index (κ1) is 9.73. The summed E-state index contributed by atoms with van der Waals surface area (Å²) in [6, 6.07) is 6.31. The van der Waals surface area contributed by atoms with E-state index < -0.39 is 0 Å². The Balaban J connectivity index is 2.72. The topological polar surface area (TPSA) is 9.23 Å². The summed E-state index contributed by atoms with van der Waals surface area (Å²) >= 11 is 7.58. The standard InChI is InChI=1S/C9H6BrIOS/c1-12-7-2-5-3-9(11)13-8(5)4-6(7)10/h2-4H,1H3. The lowest BCUT2D eigenvalue weighted by atomic mass is 10.2. The molecule has 0 bridgehead atoms. The number of halogens is 2. The Hall–Kier alpha value is 0.190. The van der Waals surface area contributed by atoms with Crippen molar-refractivity contribution in [2.45, 2.75) is 0 Å². The first-order valence-electron chi connectivity index (χ1n) is 3.63. The fourth-order valence-electron chi connectivity index (χ4n) is 1.17. The molecule has 68 valence electrons. The zero-order chi connectivity index (χ0) is 9.42. The van der Waals surface area contributed by atoms with Gasteiger partial charge >= 0.3 is 0 Å². The third kappa shape index (κ3) is 1.85. The molecule has 0 aliphatic carbocycles.